The van der Waals surface area contributed by atoms with Gasteiger partial charge in [0.25, 0.3) is 10.0 Å². The van der Waals surface area contributed by atoms with E-state index < -0.39 is 27.3 Å². The van der Waals surface area contributed by atoms with Crippen LogP contribution in [0.4, 0.5) is 4.79 Å². The van der Waals surface area contributed by atoms with Gasteiger partial charge in [0, 0.05) is 26.3 Å². The van der Waals surface area contributed by atoms with Gasteiger partial charge < -0.3 is 14.6 Å². The molecule has 9 heteroatoms. The number of ether oxygens (including phenoxy) is 1. The molecule has 1 aromatic heterocycles. The van der Waals surface area contributed by atoms with Crippen LogP contribution in [0.1, 0.15) is 46.5 Å². The number of aryl methyl sites for hydroxylation is 1. The monoisotopic (exact) mass is 384 g/mol. The van der Waals surface area contributed by atoms with Gasteiger partial charge in [0.15, 0.2) is 5.03 Å². The highest BCUT2D eigenvalue weighted by atomic mass is 32.2. The molecule has 0 bridgehead atoms. The molecular formula is C17H28N4O4S. The Kier molecular flexibility index (Phi) is 4.81. The number of nitrogens with zero attached hydrogens (tertiary/aromatic N) is 3. The maximum absolute atomic E-state index is 13.0. The Bertz CT molecular complexity index is 783. The Morgan fingerprint density at radius 1 is 1.38 bits per heavy atom. The summed E-state index contributed by atoms with van der Waals surface area (Å²) in [5, 5.41) is 3.06. The SMILES string of the molecule is Cn1cnc(S(=O)(=O)N2CC3CCCCC3(NC(=O)OC(C)(C)C)C2)c1. The molecule has 2 heterocycles. The quantitative estimate of drug-likeness (QED) is 0.859. The minimum absolute atomic E-state index is 0.0473. The lowest BCUT2D eigenvalue weighted by molar-refractivity contribution is 0.0402. The molecule has 1 saturated carbocycles. The standard InChI is InChI=1S/C17H28N4O4S/c1-16(2,3)25-15(22)19-17-8-6-5-7-13(17)9-21(11-17)26(23,24)14-10-20(4)12-18-14/h10,12-13H,5-9,11H2,1-4H3,(H,19,22). The number of carbonyl (C=O) groups is 1. The van der Waals surface area contributed by atoms with Gasteiger partial charge in [0.05, 0.1) is 11.9 Å². The average molecular weight is 385 g/mol. The zero-order valence-corrected chi connectivity index (χ0v) is 16.7. The lowest BCUT2D eigenvalue weighted by Gasteiger charge is -2.39. The van der Waals surface area contributed by atoms with Crippen molar-refractivity contribution in [2.24, 2.45) is 13.0 Å². The van der Waals surface area contributed by atoms with Crippen molar-refractivity contribution >= 4 is 16.1 Å². The highest BCUT2D eigenvalue weighted by Gasteiger charge is 2.52. The Morgan fingerprint density at radius 3 is 2.73 bits per heavy atom. The predicted octanol–water partition coefficient (Wildman–Crippen LogP) is 1.88. The summed E-state index contributed by atoms with van der Waals surface area (Å²) < 4.78 is 34.4. The number of alkyl carbamates (subject to hydrolysis) is 1. The number of sulfonamides is 1. The molecule has 1 aliphatic carbocycles. The van der Waals surface area contributed by atoms with Gasteiger partial charge in [0.1, 0.15) is 5.60 Å². The fourth-order valence-electron chi connectivity index (χ4n) is 3.96. The van der Waals surface area contributed by atoms with E-state index in [0.29, 0.717) is 6.54 Å². The second-order valence-corrected chi connectivity index (χ2v) is 10.3. The molecule has 1 aromatic rings. The second kappa shape index (κ2) is 6.53. The van der Waals surface area contributed by atoms with Crippen LogP contribution >= 0.6 is 0 Å². The van der Waals surface area contributed by atoms with Crippen molar-refractivity contribution in [3.8, 4) is 0 Å². The summed E-state index contributed by atoms with van der Waals surface area (Å²) in [4.78, 5) is 16.4. The summed E-state index contributed by atoms with van der Waals surface area (Å²) in [5.74, 6) is 0.0854. The normalized spacial score (nSPS) is 27.2. The maximum atomic E-state index is 13.0. The summed E-state index contributed by atoms with van der Waals surface area (Å²) in [7, 11) is -1.94. The Hall–Kier alpha value is -1.61. The van der Waals surface area contributed by atoms with Gasteiger partial charge in [-0.25, -0.2) is 18.2 Å². The van der Waals surface area contributed by atoms with Gasteiger partial charge in [0.2, 0.25) is 0 Å². The van der Waals surface area contributed by atoms with E-state index in [0.717, 1.165) is 25.7 Å². The molecule has 1 aliphatic heterocycles. The van der Waals surface area contributed by atoms with Crippen LogP contribution in [0.2, 0.25) is 0 Å². The molecule has 146 valence electrons. The fourth-order valence-corrected chi connectivity index (χ4v) is 5.48. The topological polar surface area (TPSA) is 93.5 Å². The van der Waals surface area contributed by atoms with Crippen LogP contribution in [0.25, 0.3) is 0 Å². The number of fused-ring (bicyclic) bond motifs is 1. The van der Waals surface area contributed by atoms with Crippen LogP contribution in [-0.2, 0) is 21.8 Å². The summed E-state index contributed by atoms with van der Waals surface area (Å²) in [5.41, 5.74) is -1.16. The summed E-state index contributed by atoms with van der Waals surface area (Å²) in [6.45, 7) is 6.10. The third-order valence-corrected chi connectivity index (χ3v) is 6.82. The number of amides is 1. The van der Waals surface area contributed by atoms with Gasteiger partial charge in [-0.15, -0.1) is 0 Å². The molecule has 3 rings (SSSR count). The number of aromatic nitrogens is 2. The molecule has 2 fully saturated rings. The Labute approximate surface area is 155 Å². The zero-order valence-electron chi connectivity index (χ0n) is 15.9. The lowest BCUT2D eigenvalue weighted by Crippen LogP contribution is -2.56. The average Bonchev–Trinajstić information content (AvgIpc) is 3.09. The molecule has 2 atom stereocenters. The van der Waals surface area contributed by atoms with Gasteiger partial charge in [-0.1, -0.05) is 12.8 Å². The third-order valence-electron chi connectivity index (χ3n) is 5.12. The van der Waals surface area contributed by atoms with Crippen LogP contribution in [0.15, 0.2) is 17.6 Å². The van der Waals surface area contributed by atoms with Gasteiger partial charge in [-0.2, -0.15) is 4.31 Å². The minimum Gasteiger partial charge on any atom is -0.444 e. The molecule has 0 aromatic carbocycles. The van der Waals surface area contributed by atoms with Crippen LogP contribution in [0, 0.1) is 5.92 Å². The van der Waals surface area contributed by atoms with Crippen molar-refractivity contribution in [3.05, 3.63) is 12.5 Å². The number of nitrogens with one attached hydrogen (secondary N) is 1. The summed E-state index contributed by atoms with van der Waals surface area (Å²) in [6.07, 6.45) is 6.15. The predicted molar refractivity (Wildman–Crippen MR) is 96.0 cm³/mol. The lowest BCUT2D eigenvalue weighted by atomic mass is 9.75. The summed E-state index contributed by atoms with van der Waals surface area (Å²) >= 11 is 0. The molecular weight excluding hydrogens is 356 g/mol. The first-order chi connectivity index (χ1) is 12.0. The second-order valence-electron chi connectivity index (χ2n) is 8.40. The number of carbonyl (C=O) groups excluding carboxylic acids is 1. The van der Waals surface area contributed by atoms with Gasteiger partial charge in [-0.05, 0) is 39.5 Å². The van der Waals surface area contributed by atoms with Crippen molar-refractivity contribution in [1.29, 1.82) is 0 Å². The van der Waals surface area contributed by atoms with Gasteiger partial charge >= 0.3 is 6.09 Å². The first-order valence-corrected chi connectivity index (χ1v) is 10.5. The third kappa shape index (κ3) is 3.73. The molecule has 2 unspecified atom stereocenters. The number of hydrogen-bond acceptors (Lipinski definition) is 5. The van der Waals surface area contributed by atoms with Crippen molar-refractivity contribution < 1.29 is 17.9 Å². The minimum atomic E-state index is -3.68. The van der Waals surface area contributed by atoms with E-state index in [2.05, 4.69) is 10.3 Å². The van der Waals surface area contributed by atoms with Gasteiger partial charge in [-0.3, -0.25) is 0 Å². The first-order valence-electron chi connectivity index (χ1n) is 9.01. The van der Waals surface area contributed by atoms with E-state index in [9.17, 15) is 13.2 Å². The fraction of sp³-hybridized carbons (Fsp3) is 0.765. The molecule has 0 spiro atoms. The van der Waals surface area contributed by atoms with E-state index in [1.54, 1.807) is 11.6 Å². The van der Waals surface area contributed by atoms with E-state index in [-0.39, 0.29) is 17.5 Å². The van der Waals surface area contributed by atoms with E-state index >= 15 is 0 Å². The van der Waals surface area contributed by atoms with Crippen LogP contribution in [0.3, 0.4) is 0 Å². The zero-order chi connectivity index (χ0) is 19.2. The van der Waals surface area contributed by atoms with Crippen molar-refractivity contribution in [3.63, 3.8) is 0 Å². The van der Waals surface area contributed by atoms with Crippen LogP contribution in [-0.4, -0.2) is 52.6 Å². The molecule has 1 N–H and O–H groups in total. The highest BCUT2D eigenvalue weighted by Crippen LogP contribution is 2.41. The summed E-state index contributed by atoms with van der Waals surface area (Å²) in [6, 6.07) is 0. The molecule has 8 nitrogen and oxygen atoms in total. The Morgan fingerprint density at radius 2 is 2.12 bits per heavy atom. The molecule has 26 heavy (non-hydrogen) atoms. The molecule has 2 aliphatic rings. The van der Waals surface area contributed by atoms with Crippen LogP contribution in [0.5, 0.6) is 0 Å². The van der Waals surface area contributed by atoms with Crippen molar-refractivity contribution in [1.82, 2.24) is 19.2 Å². The number of imidazole rings is 1. The van der Waals surface area contributed by atoms with Crippen molar-refractivity contribution in [2.45, 2.75) is 62.6 Å². The van der Waals surface area contributed by atoms with Crippen LogP contribution < -0.4 is 5.32 Å². The molecule has 1 saturated heterocycles. The number of hydrogen-bond donors (Lipinski definition) is 1. The smallest absolute Gasteiger partial charge is 0.408 e. The number of rotatable bonds is 3. The molecule has 0 radical (unpaired) electrons. The van der Waals surface area contributed by atoms with E-state index in [4.69, 9.17) is 4.74 Å². The Balaban J connectivity index is 1.82. The molecule has 1 amide bonds. The highest BCUT2D eigenvalue weighted by molar-refractivity contribution is 7.89. The largest absolute Gasteiger partial charge is 0.444 e. The first kappa shape index (κ1) is 19.2. The van der Waals surface area contributed by atoms with Crippen molar-refractivity contribution in [2.75, 3.05) is 13.1 Å². The maximum Gasteiger partial charge on any atom is 0.408 e. The van der Waals surface area contributed by atoms with E-state index in [1.165, 1.54) is 16.8 Å². The van der Waals surface area contributed by atoms with E-state index in [1.807, 2.05) is 20.8 Å².